The van der Waals surface area contributed by atoms with Crippen LogP contribution in [0.4, 0.5) is 9.18 Å². The van der Waals surface area contributed by atoms with Gasteiger partial charge in [0.25, 0.3) is 0 Å². The zero-order chi connectivity index (χ0) is 29.1. The van der Waals surface area contributed by atoms with Crippen molar-refractivity contribution < 1.29 is 27.1 Å². The van der Waals surface area contributed by atoms with E-state index >= 15 is 4.39 Å². The third-order valence-corrected chi connectivity index (χ3v) is 9.60. The first-order valence-corrected chi connectivity index (χ1v) is 15.4. The Labute approximate surface area is 234 Å². The number of rotatable bonds is 6. The fraction of sp³-hybridized carbons (Fsp3) is 0.500. The van der Waals surface area contributed by atoms with Gasteiger partial charge in [-0.3, -0.25) is 9.69 Å². The van der Waals surface area contributed by atoms with Gasteiger partial charge in [-0.15, -0.1) is 0 Å². The molecule has 3 aliphatic rings. The van der Waals surface area contributed by atoms with Crippen LogP contribution >= 0.6 is 0 Å². The van der Waals surface area contributed by atoms with Crippen LogP contribution in [0.5, 0.6) is 0 Å². The molecule has 1 aliphatic heterocycles. The zero-order valence-electron chi connectivity index (χ0n) is 23.2. The summed E-state index contributed by atoms with van der Waals surface area (Å²) in [5, 5.41) is 12.6. The van der Waals surface area contributed by atoms with Crippen LogP contribution in [0.1, 0.15) is 39.7 Å². The highest BCUT2D eigenvalue weighted by molar-refractivity contribution is 7.90. The van der Waals surface area contributed by atoms with Crippen molar-refractivity contribution in [3.8, 4) is 17.2 Å². The number of nitrogens with one attached hydrogen (secondary N) is 1. The van der Waals surface area contributed by atoms with Crippen LogP contribution in [0, 0.1) is 40.8 Å². The number of piperidine rings is 1. The summed E-state index contributed by atoms with van der Waals surface area (Å²) in [6.07, 6.45) is 1.31. The lowest BCUT2D eigenvalue weighted by atomic mass is 9.94. The molecule has 2 aromatic carbocycles. The zero-order valence-corrected chi connectivity index (χ0v) is 24.0. The number of ether oxygens (including phenoxy) is 1. The summed E-state index contributed by atoms with van der Waals surface area (Å²) in [6.45, 7) is 7.50. The Morgan fingerprint density at radius 2 is 1.80 bits per heavy atom. The van der Waals surface area contributed by atoms with Gasteiger partial charge < -0.3 is 10.1 Å². The van der Waals surface area contributed by atoms with Crippen LogP contribution in [-0.4, -0.2) is 55.3 Å². The number of benzene rings is 2. The molecule has 2 saturated carbocycles. The van der Waals surface area contributed by atoms with Crippen LogP contribution < -0.4 is 5.32 Å². The average Bonchev–Trinajstić information content (AvgIpc) is 3.20. The molecule has 0 spiro atoms. The van der Waals surface area contributed by atoms with Gasteiger partial charge in [0, 0.05) is 18.7 Å². The highest BCUT2D eigenvalue weighted by atomic mass is 32.2. The quantitative estimate of drug-likeness (QED) is 0.555. The number of carbonyl (C=O) groups is 2. The molecule has 8 nitrogen and oxygen atoms in total. The van der Waals surface area contributed by atoms with Crippen molar-refractivity contribution in [2.75, 3.05) is 6.26 Å². The molecule has 0 aromatic heterocycles. The maximum atomic E-state index is 15.1. The van der Waals surface area contributed by atoms with E-state index in [1.807, 2.05) is 0 Å². The van der Waals surface area contributed by atoms with Crippen LogP contribution in [0.15, 0.2) is 47.4 Å². The van der Waals surface area contributed by atoms with E-state index < -0.39 is 45.3 Å². The van der Waals surface area contributed by atoms with E-state index in [-0.39, 0.29) is 28.8 Å². The van der Waals surface area contributed by atoms with E-state index in [1.54, 1.807) is 49.9 Å². The normalized spacial score (nSPS) is 27.5. The molecule has 5 rings (SSSR count). The number of hydrogen-bond donors (Lipinski definition) is 1. The number of likely N-dealkylation sites (tertiary alicyclic amines) is 1. The fourth-order valence-corrected chi connectivity index (χ4v) is 7.36. The molecule has 3 fully saturated rings. The van der Waals surface area contributed by atoms with E-state index in [0.29, 0.717) is 28.9 Å². The maximum Gasteiger partial charge on any atom is 0.411 e. The number of amides is 2. The predicted molar refractivity (Wildman–Crippen MR) is 146 cm³/mol. The van der Waals surface area contributed by atoms with Gasteiger partial charge in [0.05, 0.1) is 11.0 Å². The first-order valence-electron chi connectivity index (χ1n) is 13.5. The molecule has 7 atom stereocenters. The van der Waals surface area contributed by atoms with E-state index in [1.165, 1.54) is 18.2 Å². The highest BCUT2D eigenvalue weighted by Gasteiger charge is 2.71. The van der Waals surface area contributed by atoms with Gasteiger partial charge >= 0.3 is 6.09 Å². The Bertz CT molecular complexity index is 1490. The van der Waals surface area contributed by atoms with Gasteiger partial charge in [-0.25, -0.2) is 17.6 Å². The number of halogens is 1. The maximum absolute atomic E-state index is 15.1. The first kappa shape index (κ1) is 28.1. The van der Waals surface area contributed by atoms with E-state index in [4.69, 9.17) is 4.74 Å². The lowest BCUT2D eigenvalue weighted by Gasteiger charge is -2.35. The summed E-state index contributed by atoms with van der Waals surface area (Å²) in [5.41, 5.74) is 0.760. The summed E-state index contributed by atoms with van der Waals surface area (Å²) >= 11 is 0. The van der Waals surface area contributed by atoms with Crippen LogP contribution in [0.25, 0.3) is 11.1 Å². The molecular formula is C30H34FN3O5S. The van der Waals surface area contributed by atoms with Crippen molar-refractivity contribution in [3.05, 3.63) is 53.8 Å². The number of nitriles is 1. The van der Waals surface area contributed by atoms with Crippen LogP contribution in [0.3, 0.4) is 0 Å². The molecular weight excluding hydrogens is 533 g/mol. The summed E-state index contributed by atoms with van der Waals surface area (Å²) in [4.78, 5) is 28.4. The molecule has 2 amide bonds. The van der Waals surface area contributed by atoms with Crippen molar-refractivity contribution in [2.45, 2.75) is 69.2 Å². The molecule has 10 heteroatoms. The second kappa shape index (κ2) is 9.88. The predicted octanol–water partition coefficient (Wildman–Crippen LogP) is 4.34. The Hall–Kier alpha value is -3.45. The van der Waals surface area contributed by atoms with Crippen molar-refractivity contribution in [2.24, 2.45) is 23.7 Å². The van der Waals surface area contributed by atoms with Gasteiger partial charge in [0.1, 0.15) is 23.5 Å². The second-order valence-corrected chi connectivity index (χ2v) is 14.3. The molecule has 40 heavy (non-hydrogen) atoms. The topological polar surface area (TPSA) is 117 Å². The van der Waals surface area contributed by atoms with Gasteiger partial charge in [-0.1, -0.05) is 31.2 Å². The van der Waals surface area contributed by atoms with Crippen molar-refractivity contribution in [1.82, 2.24) is 10.2 Å². The van der Waals surface area contributed by atoms with Gasteiger partial charge in [0.2, 0.25) is 5.91 Å². The number of hydrogen-bond acceptors (Lipinski definition) is 6. The Morgan fingerprint density at radius 1 is 1.15 bits per heavy atom. The summed E-state index contributed by atoms with van der Waals surface area (Å²) in [5.74, 6) is 0.268. The molecule has 212 valence electrons. The van der Waals surface area contributed by atoms with Gasteiger partial charge in [-0.05, 0) is 85.8 Å². The molecule has 1 heterocycles. The third-order valence-electron chi connectivity index (χ3n) is 8.47. The SMILES string of the molecule is C[C@H]1[C@H]2[C@H]3C[C@@H]([C@@H]12)N(C(=O)OC(C)(C)C)[C@@H]3C(=O)N[C@H](C#N)Cc1ccc(-c2ccc(S(C)(=O)=O)cc2)cc1F. The van der Waals surface area contributed by atoms with Crippen molar-refractivity contribution in [1.29, 1.82) is 5.26 Å². The first-order chi connectivity index (χ1) is 18.7. The molecule has 0 unspecified atom stereocenters. The minimum Gasteiger partial charge on any atom is -0.444 e. The van der Waals surface area contributed by atoms with Crippen LogP contribution in [0.2, 0.25) is 0 Å². The summed E-state index contributed by atoms with van der Waals surface area (Å²) in [7, 11) is -3.34. The van der Waals surface area contributed by atoms with E-state index in [0.717, 1.165) is 12.7 Å². The minimum atomic E-state index is -3.34. The van der Waals surface area contributed by atoms with Crippen molar-refractivity contribution >= 4 is 21.8 Å². The molecule has 1 N–H and O–H groups in total. The highest BCUT2D eigenvalue weighted by Crippen LogP contribution is 2.67. The third kappa shape index (κ3) is 5.19. The smallest absolute Gasteiger partial charge is 0.411 e. The van der Waals surface area contributed by atoms with Gasteiger partial charge in [0.15, 0.2) is 9.84 Å². The Balaban J connectivity index is 1.29. The summed E-state index contributed by atoms with van der Waals surface area (Å²) < 4.78 is 44.1. The molecule has 2 aromatic rings. The second-order valence-electron chi connectivity index (χ2n) is 12.3. The lowest BCUT2D eigenvalue weighted by molar-refractivity contribution is -0.128. The number of nitrogens with zero attached hydrogens (tertiary/aromatic N) is 2. The van der Waals surface area contributed by atoms with E-state index in [2.05, 4.69) is 18.3 Å². The monoisotopic (exact) mass is 567 g/mol. The fourth-order valence-electron chi connectivity index (χ4n) is 6.73. The Morgan fingerprint density at radius 3 is 2.38 bits per heavy atom. The standard InChI is InChI=1S/C30H34FN3O5S/c1-16-25-22-14-24(26(16)25)34(29(36)39-30(2,3)4)27(22)28(35)33-20(15-32)12-19-7-6-18(13-23(19)31)17-8-10-21(11-9-17)40(5,37)38/h6-11,13,16,20,22,24-27H,12,14H2,1-5H3,(H,33,35)/t16-,20-,22+,24-,25-,26+,27-/m0/s1. The number of carbonyl (C=O) groups excluding carboxylic acids is 2. The molecule has 2 aliphatic carbocycles. The molecule has 2 bridgehead atoms. The minimum absolute atomic E-state index is 0.0157. The number of sulfone groups is 1. The largest absolute Gasteiger partial charge is 0.444 e. The van der Waals surface area contributed by atoms with Crippen LogP contribution in [-0.2, 0) is 25.8 Å². The van der Waals surface area contributed by atoms with Gasteiger partial charge in [-0.2, -0.15) is 5.26 Å². The van der Waals surface area contributed by atoms with Crippen molar-refractivity contribution in [3.63, 3.8) is 0 Å². The average molecular weight is 568 g/mol. The molecule has 1 saturated heterocycles. The van der Waals surface area contributed by atoms with E-state index in [9.17, 15) is 23.3 Å². The lowest BCUT2D eigenvalue weighted by Crippen LogP contribution is -2.56. The molecule has 0 radical (unpaired) electrons. The Kier molecular flexibility index (Phi) is 6.94. The summed E-state index contributed by atoms with van der Waals surface area (Å²) in [6, 6.07) is 11.1. The number of fused-ring (bicyclic) bond motifs is 5.